The van der Waals surface area contributed by atoms with Crippen LogP contribution in [0.5, 0.6) is 5.75 Å². The zero-order valence-corrected chi connectivity index (χ0v) is 7.70. The van der Waals surface area contributed by atoms with Crippen LogP contribution < -0.4 is 10.1 Å². The Morgan fingerprint density at radius 2 is 2.46 bits per heavy atom. The largest absolute Gasteiger partial charge is 0.497 e. The van der Waals surface area contributed by atoms with Crippen molar-refractivity contribution in [1.82, 2.24) is 10.3 Å². The van der Waals surface area contributed by atoms with Crippen molar-refractivity contribution in [1.29, 1.82) is 0 Å². The van der Waals surface area contributed by atoms with Crippen molar-refractivity contribution in [2.24, 2.45) is 0 Å². The minimum absolute atomic E-state index is 0.0404. The van der Waals surface area contributed by atoms with Gasteiger partial charge in [0.05, 0.1) is 13.7 Å². The van der Waals surface area contributed by atoms with Gasteiger partial charge < -0.3 is 10.1 Å². The van der Waals surface area contributed by atoms with E-state index in [1.54, 1.807) is 32.5 Å². The van der Waals surface area contributed by atoms with Gasteiger partial charge in [-0.25, -0.2) is 0 Å². The fraction of sp³-hybridized carbons (Fsp3) is 0.333. The van der Waals surface area contributed by atoms with E-state index in [2.05, 4.69) is 10.3 Å². The number of pyridine rings is 1. The lowest BCUT2D eigenvalue weighted by molar-refractivity contribution is 0.0988. The van der Waals surface area contributed by atoms with Crippen molar-refractivity contribution in [3.8, 4) is 5.75 Å². The Hall–Kier alpha value is -1.42. The Balaban J connectivity index is 2.82. The van der Waals surface area contributed by atoms with Crippen LogP contribution in [-0.4, -0.2) is 31.5 Å². The first kappa shape index (κ1) is 9.67. The van der Waals surface area contributed by atoms with Crippen molar-refractivity contribution >= 4 is 5.78 Å². The average Bonchev–Trinajstić information content (AvgIpc) is 2.18. The molecule has 13 heavy (non-hydrogen) atoms. The summed E-state index contributed by atoms with van der Waals surface area (Å²) in [5, 5.41) is 2.77. The van der Waals surface area contributed by atoms with Crippen LogP contribution in [0.4, 0.5) is 0 Å². The third-order valence-corrected chi connectivity index (χ3v) is 1.59. The Morgan fingerprint density at radius 1 is 1.69 bits per heavy atom. The van der Waals surface area contributed by atoms with Gasteiger partial charge in [0.2, 0.25) is 0 Å². The number of rotatable bonds is 4. The van der Waals surface area contributed by atoms with E-state index in [4.69, 9.17) is 4.74 Å². The third-order valence-electron chi connectivity index (χ3n) is 1.59. The fourth-order valence-electron chi connectivity index (χ4n) is 0.942. The number of methoxy groups -OCH3 is 1. The second kappa shape index (κ2) is 4.57. The first-order valence-electron chi connectivity index (χ1n) is 3.95. The monoisotopic (exact) mass is 180 g/mol. The summed E-state index contributed by atoms with van der Waals surface area (Å²) >= 11 is 0. The van der Waals surface area contributed by atoms with E-state index < -0.39 is 0 Å². The molecule has 1 aromatic heterocycles. The summed E-state index contributed by atoms with van der Waals surface area (Å²) in [6.07, 6.45) is 1.56. The standard InChI is InChI=1S/C9H12N2O2/c1-10-6-9(12)8-5-7(13-2)3-4-11-8/h3-5,10H,6H2,1-2H3. The topological polar surface area (TPSA) is 51.2 Å². The molecule has 0 aliphatic carbocycles. The maximum atomic E-state index is 11.3. The van der Waals surface area contributed by atoms with E-state index in [0.717, 1.165) is 0 Å². The number of ketones is 1. The van der Waals surface area contributed by atoms with E-state index in [1.807, 2.05) is 0 Å². The summed E-state index contributed by atoms with van der Waals surface area (Å²) in [4.78, 5) is 15.3. The van der Waals surface area contributed by atoms with E-state index in [1.165, 1.54) is 0 Å². The Labute approximate surface area is 76.9 Å². The lowest BCUT2D eigenvalue weighted by Gasteiger charge is -2.01. The number of likely N-dealkylation sites (N-methyl/N-ethyl adjacent to an activating group) is 1. The van der Waals surface area contributed by atoms with Gasteiger partial charge in [-0.15, -0.1) is 0 Å². The summed E-state index contributed by atoms with van der Waals surface area (Å²) in [5.74, 6) is 0.607. The zero-order chi connectivity index (χ0) is 9.68. The number of nitrogens with one attached hydrogen (secondary N) is 1. The highest BCUT2D eigenvalue weighted by Gasteiger charge is 2.06. The molecule has 0 saturated carbocycles. The summed E-state index contributed by atoms with van der Waals surface area (Å²) in [5.41, 5.74) is 0.425. The summed E-state index contributed by atoms with van der Waals surface area (Å²) in [6.45, 7) is 0.292. The van der Waals surface area contributed by atoms with E-state index >= 15 is 0 Å². The van der Waals surface area contributed by atoms with Crippen LogP contribution in [-0.2, 0) is 0 Å². The van der Waals surface area contributed by atoms with Crippen molar-refractivity contribution in [2.45, 2.75) is 0 Å². The van der Waals surface area contributed by atoms with Gasteiger partial charge in [-0.1, -0.05) is 0 Å². The SMILES string of the molecule is CNCC(=O)c1cc(OC)ccn1. The molecule has 1 N–H and O–H groups in total. The summed E-state index contributed by atoms with van der Waals surface area (Å²) in [6, 6.07) is 3.33. The number of Topliss-reactive ketones (excluding diaryl/α,β-unsaturated/α-hetero) is 1. The number of hydrogen-bond donors (Lipinski definition) is 1. The van der Waals surface area contributed by atoms with Crippen molar-refractivity contribution in [3.05, 3.63) is 24.0 Å². The molecule has 1 rings (SSSR count). The van der Waals surface area contributed by atoms with Crippen molar-refractivity contribution in [3.63, 3.8) is 0 Å². The maximum absolute atomic E-state index is 11.3. The minimum atomic E-state index is -0.0404. The molecule has 0 aliphatic rings. The molecule has 0 fully saturated rings. The lowest BCUT2D eigenvalue weighted by atomic mass is 10.2. The van der Waals surface area contributed by atoms with Gasteiger partial charge in [-0.2, -0.15) is 0 Å². The highest BCUT2D eigenvalue weighted by atomic mass is 16.5. The third kappa shape index (κ3) is 2.52. The van der Waals surface area contributed by atoms with Gasteiger partial charge in [0, 0.05) is 12.3 Å². The predicted molar refractivity (Wildman–Crippen MR) is 49.0 cm³/mol. The molecule has 4 nitrogen and oxygen atoms in total. The number of hydrogen-bond acceptors (Lipinski definition) is 4. The Bertz CT molecular complexity index is 299. The van der Waals surface area contributed by atoms with E-state index in [-0.39, 0.29) is 5.78 Å². The van der Waals surface area contributed by atoms with Crippen LogP contribution in [0.25, 0.3) is 0 Å². The van der Waals surface area contributed by atoms with Crippen LogP contribution in [0.1, 0.15) is 10.5 Å². The Kier molecular flexibility index (Phi) is 3.40. The number of carbonyl (C=O) groups is 1. The molecule has 1 heterocycles. The highest BCUT2D eigenvalue weighted by Crippen LogP contribution is 2.09. The molecule has 0 saturated heterocycles. The summed E-state index contributed by atoms with van der Waals surface area (Å²) < 4.78 is 4.97. The van der Waals surface area contributed by atoms with Crippen molar-refractivity contribution < 1.29 is 9.53 Å². The molecular formula is C9H12N2O2. The molecule has 0 bridgehead atoms. The number of carbonyl (C=O) groups excluding carboxylic acids is 1. The zero-order valence-electron chi connectivity index (χ0n) is 7.70. The second-order valence-electron chi connectivity index (χ2n) is 2.53. The second-order valence-corrected chi connectivity index (χ2v) is 2.53. The minimum Gasteiger partial charge on any atom is -0.497 e. The maximum Gasteiger partial charge on any atom is 0.195 e. The predicted octanol–water partition coefficient (Wildman–Crippen LogP) is 0.492. The number of ether oxygens (including phenoxy) is 1. The van der Waals surface area contributed by atoms with E-state index in [0.29, 0.717) is 18.0 Å². The first-order valence-corrected chi connectivity index (χ1v) is 3.95. The van der Waals surface area contributed by atoms with Gasteiger partial charge in [0.15, 0.2) is 5.78 Å². The van der Waals surface area contributed by atoms with Gasteiger partial charge in [0.1, 0.15) is 11.4 Å². The lowest BCUT2D eigenvalue weighted by Crippen LogP contribution is -2.19. The highest BCUT2D eigenvalue weighted by molar-refractivity contribution is 5.96. The van der Waals surface area contributed by atoms with Crippen molar-refractivity contribution in [2.75, 3.05) is 20.7 Å². The van der Waals surface area contributed by atoms with Crippen LogP contribution in [0.15, 0.2) is 18.3 Å². The first-order chi connectivity index (χ1) is 6.27. The summed E-state index contributed by atoms with van der Waals surface area (Å²) in [7, 11) is 3.28. The quantitative estimate of drug-likeness (QED) is 0.685. The molecule has 0 radical (unpaired) electrons. The molecule has 0 spiro atoms. The average molecular weight is 180 g/mol. The molecule has 0 aliphatic heterocycles. The van der Waals surface area contributed by atoms with Crippen LogP contribution in [0.3, 0.4) is 0 Å². The van der Waals surface area contributed by atoms with Crippen LogP contribution in [0, 0.1) is 0 Å². The molecular weight excluding hydrogens is 168 g/mol. The normalized spacial score (nSPS) is 9.69. The molecule has 0 unspecified atom stereocenters. The molecule has 4 heteroatoms. The van der Waals surface area contributed by atoms with Gasteiger partial charge in [-0.3, -0.25) is 9.78 Å². The molecule has 0 aromatic carbocycles. The fourth-order valence-corrected chi connectivity index (χ4v) is 0.942. The smallest absolute Gasteiger partial charge is 0.195 e. The van der Waals surface area contributed by atoms with Gasteiger partial charge in [-0.05, 0) is 13.1 Å². The van der Waals surface area contributed by atoms with Gasteiger partial charge >= 0.3 is 0 Å². The van der Waals surface area contributed by atoms with E-state index in [9.17, 15) is 4.79 Å². The molecule has 1 aromatic rings. The molecule has 70 valence electrons. The number of aromatic nitrogens is 1. The molecule has 0 atom stereocenters. The van der Waals surface area contributed by atoms with Crippen LogP contribution >= 0.6 is 0 Å². The molecule has 0 amide bonds. The number of nitrogens with zero attached hydrogens (tertiary/aromatic N) is 1. The van der Waals surface area contributed by atoms with Crippen LogP contribution in [0.2, 0.25) is 0 Å². The Morgan fingerprint density at radius 3 is 3.08 bits per heavy atom. The van der Waals surface area contributed by atoms with Gasteiger partial charge in [0.25, 0.3) is 0 Å².